The van der Waals surface area contributed by atoms with E-state index in [4.69, 9.17) is 5.73 Å². The van der Waals surface area contributed by atoms with Crippen molar-refractivity contribution in [1.29, 1.82) is 0 Å². The highest BCUT2D eigenvalue weighted by molar-refractivity contribution is 5.76. The quantitative estimate of drug-likeness (QED) is 0.722. The maximum atomic E-state index is 11.8. The van der Waals surface area contributed by atoms with E-state index in [-0.39, 0.29) is 5.91 Å². The minimum Gasteiger partial charge on any atom is -0.355 e. The second kappa shape index (κ2) is 8.48. The average molecular weight is 255 g/mol. The van der Waals surface area contributed by atoms with Gasteiger partial charge in [-0.2, -0.15) is 0 Å². The Bertz CT molecular complexity index is 235. The number of nitrogens with one attached hydrogen (secondary N) is 1. The number of amides is 1. The van der Waals surface area contributed by atoms with Gasteiger partial charge in [-0.15, -0.1) is 0 Å². The van der Waals surface area contributed by atoms with Crippen molar-refractivity contribution in [3.05, 3.63) is 0 Å². The van der Waals surface area contributed by atoms with Crippen LogP contribution in [0.15, 0.2) is 0 Å². The van der Waals surface area contributed by atoms with Crippen LogP contribution in [0.2, 0.25) is 0 Å². The molecule has 1 fully saturated rings. The minimum absolute atomic E-state index is 0.149. The van der Waals surface area contributed by atoms with Crippen molar-refractivity contribution >= 4 is 5.91 Å². The molecule has 4 nitrogen and oxygen atoms in total. The van der Waals surface area contributed by atoms with E-state index in [9.17, 15) is 4.79 Å². The van der Waals surface area contributed by atoms with Gasteiger partial charge in [0.05, 0.1) is 0 Å². The number of likely N-dealkylation sites (tertiary alicyclic amines) is 1. The molecule has 4 heteroatoms. The number of carbonyl (C=O) groups excluding carboxylic acids is 1. The van der Waals surface area contributed by atoms with Crippen LogP contribution in [0, 0.1) is 5.92 Å². The Hall–Kier alpha value is -0.610. The normalized spacial score (nSPS) is 20.4. The first-order valence-corrected chi connectivity index (χ1v) is 7.38. The lowest BCUT2D eigenvalue weighted by atomic mass is 10.0. The summed E-state index contributed by atoms with van der Waals surface area (Å²) in [7, 11) is 0. The number of hydrogen-bond donors (Lipinski definition) is 2. The Morgan fingerprint density at radius 1 is 1.33 bits per heavy atom. The molecule has 2 unspecified atom stereocenters. The summed E-state index contributed by atoms with van der Waals surface area (Å²) in [6, 6.07) is 0.451. The Morgan fingerprint density at radius 2 is 2.00 bits per heavy atom. The molecule has 0 spiro atoms. The second-order valence-electron chi connectivity index (χ2n) is 5.46. The first kappa shape index (κ1) is 15.4. The van der Waals surface area contributed by atoms with E-state index >= 15 is 0 Å². The largest absolute Gasteiger partial charge is 0.355 e. The van der Waals surface area contributed by atoms with Gasteiger partial charge in [0.1, 0.15) is 0 Å². The van der Waals surface area contributed by atoms with E-state index < -0.39 is 0 Å². The highest BCUT2D eigenvalue weighted by atomic mass is 16.1. The van der Waals surface area contributed by atoms with Gasteiger partial charge in [0.15, 0.2) is 0 Å². The molecule has 0 bridgehead atoms. The highest BCUT2D eigenvalue weighted by Crippen LogP contribution is 2.11. The van der Waals surface area contributed by atoms with E-state index in [1.54, 1.807) is 0 Å². The number of nitrogens with two attached hydrogens (primary N) is 1. The van der Waals surface area contributed by atoms with Gasteiger partial charge in [0, 0.05) is 19.0 Å². The van der Waals surface area contributed by atoms with E-state index in [2.05, 4.69) is 24.1 Å². The first-order chi connectivity index (χ1) is 8.67. The Morgan fingerprint density at radius 3 is 2.56 bits per heavy atom. The molecule has 1 aliphatic heterocycles. The van der Waals surface area contributed by atoms with Crippen molar-refractivity contribution in [2.75, 3.05) is 26.2 Å². The molecule has 0 aromatic carbocycles. The lowest BCUT2D eigenvalue weighted by molar-refractivity contribution is -0.122. The van der Waals surface area contributed by atoms with Crippen molar-refractivity contribution < 1.29 is 4.79 Å². The molecule has 1 saturated heterocycles. The molecule has 1 aliphatic rings. The number of hydrogen-bond acceptors (Lipinski definition) is 3. The zero-order valence-electron chi connectivity index (χ0n) is 12.0. The third kappa shape index (κ3) is 5.36. The van der Waals surface area contributed by atoms with E-state index in [1.807, 2.05) is 0 Å². The maximum absolute atomic E-state index is 11.8. The molecule has 0 aliphatic carbocycles. The lowest BCUT2D eigenvalue weighted by Crippen LogP contribution is -2.44. The van der Waals surface area contributed by atoms with Crippen LogP contribution in [-0.2, 0) is 4.79 Å². The molecule has 0 aromatic heterocycles. The fraction of sp³-hybridized carbons (Fsp3) is 0.929. The molecule has 0 saturated carbocycles. The third-order valence-electron chi connectivity index (χ3n) is 3.99. The topological polar surface area (TPSA) is 58.4 Å². The summed E-state index contributed by atoms with van der Waals surface area (Å²) in [5.74, 6) is 0.478. The predicted molar refractivity (Wildman–Crippen MR) is 75.3 cm³/mol. The summed E-state index contributed by atoms with van der Waals surface area (Å²) in [5, 5.41) is 3.04. The van der Waals surface area contributed by atoms with E-state index in [1.165, 1.54) is 32.4 Å². The van der Waals surface area contributed by atoms with Gasteiger partial charge in [0.25, 0.3) is 0 Å². The molecule has 106 valence electrons. The smallest absolute Gasteiger partial charge is 0.220 e. The second-order valence-corrected chi connectivity index (χ2v) is 5.46. The van der Waals surface area contributed by atoms with Crippen molar-refractivity contribution in [3.63, 3.8) is 0 Å². The van der Waals surface area contributed by atoms with Crippen LogP contribution in [-0.4, -0.2) is 43.0 Å². The Balaban J connectivity index is 2.20. The predicted octanol–water partition coefficient (Wildman–Crippen LogP) is 1.35. The average Bonchev–Trinajstić information content (AvgIpc) is 2.43. The van der Waals surface area contributed by atoms with Gasteiger partial charge in [0.2, 0.25) is 5.91 Å². The molecule has 1 rings (SSSR count). The third-order valence-corrected chi connectivity index (χ3v) is 3.99. The molecule has 0 aromatic rings. The van der Waals surface area contributed by atoms with Crippen LogP contribution in [0.25, 0.3) is 0 Å². The SMILES string of the molecule is CCC(CN)CC(=O)NCC(C)N1CCCCC1. The highest BCUT2D eigenvalue weighted by Gasteiger charge is 2.17. The molecule has 18 heavy (non-hydrogen) atoms. The van der Waals surface area contributed by atoms with E-state index in [0.717, 1.165) is 13.0 Å². The Kier molecular flexibility index (Phi) is 7.28. The Labute approximate surface area is 111 Å². The monoisotopic (exact) mass is 255 g/mol. The van der Waals surface area contributed by atoms with Crippen molar-refractivity contribution in [2.24, 2.45) is 11.7 Å². The standard InChI is InChI=1S/C14H29N3O/c1-3-13(10-15)9-14(18)16-11-12(2)17-7-5-4-6-8-17/h12-13H,3-11,15H2,1-2H3,(H,16,18). The van der Waals surface area contributed by atoms with Gasteiger partial charge < -0.3 is 11.1 Å². The maximum Gasteiger partial charge on any atom is 0.220 e. The number of rotatable bonds is 7. The van der Waals surface area contributed by atoms with Crippen LogP contribution in [0.3, 0.4) is 0 Å². The van der Waals surface area contributed by atoms with Gasteiger partial charge >= 0.3 is 0 Å². The molecule has 1 amide bonds. The molecule has 0 radical (unpaired) electrons. The minimum atomic E-state index is 0.149. The van der Waals surface area contributed by atoms with Gasteiger partial charge in [-0.25, -0.2) is 0 Å². The number of nitrogens with zero attached hydrogens (tertiary/aromatic N) is 1. The molecule has 1 heterocycles. The number of carbonyl (C=O) groups is 1. The fourth-order valence-electron chi connectivity index (χ4n) is 2.48. The van der Waals surface area contributed by atoms with Crippen LogP contribution in [0.4, 0.5) is 0 Å². The molecule has 2 atom stereocenters. The van der Waals surface area contributed by atoms with Crippen LogP contribution in [0.5, 0.6) is 0 Å². The van der Waals surface area contributed by atoms with Crippen LogP contribution < -0.4 is 11.1 Å². The molecular formula is C14H29N3O. The van der Waals surface area contributed by atoms with Crippen molar-refractivity contribution in [2.45, 2.75) is 52.0 Å². The summed E-state index contributed by atoms with van der Waals surface area (Å²) >= 11 is 0. The zero-order valence-corrected chi connectivity index (χ0v) is 12.0. The van der Waals surface area contributed by atoms with Crippen molar-refractivity contribution in [1.82, 2.24) is 10.2 Å². The van der Waals surface area contributed by atoms with Gasteiger partial charge in [-0.3, -0.25) is 9.69 Å². The fourth-order valence-corrected chi connectivity index (χ4v) is 2.48. The van der Waals surface area contributed by atoms with Gasteiger partial charge in [-0.05, 0) is 45.3 Å². The van der Waals surface area contributed by atoms with Crippen LogP contribution >= 0.6 is 0 Å². The summed E-state index contributed by atoms with van der Waals surface area (Å²) < 4.78 is 0. The summed E-state index contributed by atoms with van der Waals surface area (Å²) in [5.41, 5.74) is 5.62. The summed E-state index contributed by atoms with van der Waals surface area (Å²) in [6.07, 6.45) is 5.49. The number of piperidine rings is 1. The van der Waals surface area contributed by atoms with Gasteiger partial charge in [-0.1, -0.05) is 19.8 Å². The first-order valence-electron chi connectivity index (χ1n) is 7.38. The lowest BCUT2D eigenvalue weighted by Gasteiger charge is -2.32. The summed E-state index contributed by atoms with van der Waals surface area (Å²) in [6.45, 7) is 8.01. The van der Waals surface area contributed by atoms with E-state index in [0.29, 0.717) is 24.9 Å². The molecular weight excluding hydrogens is 226 g/mol. The molecule has 3 N–H and O–H groups in total. The zero-order chi connectivity index (χ0) is 13.4. The van der Waals surface area contributed by atoms with Crippen LogP contribution in [0.1, 0.15) is 46.0 Å². The van der Waals surface area contributed by atoms with Crippen molar-refractivity contribution in [3.8, 4) is 0 Å². The summed E-state index contributed by atoms with van der Waals surface area (Å²) in [4.78, 5) is 14.2.